The maximum absolute atomic E-state index is 14.8. The summed E-state index contributed by atoms with van der Waals surface area (Å²) in [5, 5.41) is 6.45. The number of nitrogens with zero attached hydrogens (tertiary/aromatic N) is 2. The van der Waals surface area contributed by atoms with Crippen LogP contribution in [0.3, 0.4) is 0 Å². The molecular formula is C23H22F5N3O4. The number of piperidine rings is 1. The highest BCUT2D eigenvalue weighted by Crippen LogP contribution is 2.49. The first-order valence-electron chi connectivity index (χ1n) is 11.2. The second-order valence-electron chi connectivity index (χ2n) is 9.38. The van der Waals surface area contributed by atoms with Gasteiger partial charge in [-0.25, -0.2) is 8.78 Å². The smallest absolute Gasteiger partial charge is 0.381 e. The number of aromatic nitrogens is 1. The molecule has 2 amide bonds. The Morgan fingerprint density at radius 2 is 1.86 bits per heavy atom. The summed E-state index contributed by atoms with van der Waals surface area (Å²) in [6.45, 7) is 3.60. The van der Waals surface area contributed by atoms with Crippen LogP contribution in [-0.2, 0) is 15.7 Å². The lowest BCUT2D eigenvalue weighted by Gasteiger charge is -2.36. The first kappa shape index (κ1) is 23.7. The normalized spacial score (nSPS) is 24.7. The second kappa shape index (κ2) is 8.28. The van der Waals surface area contributed by atoms with E-state index < -0.39 is 58.8 Å². The Bertz CT molecular complexity index is 1190. The van der Waals surface area contributed by atoms with Crippen LogP contribution in [0.5, 0.6) is 0 Å². The van der Waals surface area contributed by atoms with Gasteiger partial charge < -0.3 is 19.5 Å². The van der Waals surface area contributed by atoms with Gasteiger partial charge in [0.2, 0.25) is 11.7 Å². The Labute approximate surface area is 196 Å². The summed E-state index contributed by atoms with van der Waals surface area (Å²) in [6, 6.07) is -1.59. The van der Waals surface area contributed by atoms with Crippen molar-refractivity contribution in [2.75, 3.05) is 13.2 Å². The molecule has 4 atom stereocenters. The van der Waals surface area contributed by atoms with E-state index in [1.54, 1.807) is 13.8 Å². The lowest BCUT2D eigenvalue weighted by Crippen LogP contribution is -2.51. The maximum Gasteiger partial charge on any atom is 0.419 e. The van der Waals surface area contributed by atoms with Gasteiger partial charge in [0.25, 0.3) is 5.91 Å². The molecule has 1 saturated carbocycles. The molecule has 0 spiro atoms. The number of ether oxygens (including phenoxy) is 1. The molecule has 7 nitrogen and oxygen atoms in total. The molecule has 2 aliphatic heterocycles. The number of fused-ring (bicyclic) bond motifs is 1. The Morgan fingerprint density at radius 3 is 2.43 bits per heavy atom. The van der Waals surface area contributed by atoms with Crippen molar-refractivity contribution < 1.29 is 40.8 Å². The summed E-state index contributed by atoms with van der Waals surface area (Å²) >= 11 is 0. The summed E-state index contributed by atoms with van der Waals surface area (Å²) in [4.78, 5) is 27.9. The van der Waals surface area contributed by atoms with Gasteiger partial charge in [0.1, 0.15) is 17.7 Å². The van der Waals surface area contributed by atoms with Gasteiger partial charge in [-0.3, -0.25) is 9.59 Å². The second-order valence-corrected chi connectivity index (χ2v) is 9.38. The first-order valence-corrected chi connectivity index (χ1v) is 11.2. The largest absolute Gasteiger partial charge is 0.419 e. The zero-order chi connectivity index (χ0) is 25.2. The third-order valence-corrected chi connectivity index (χ3v) is 7.15. The van der Waals surface area contributed by atoms with Gasteiger partial charge in [-0.05, 0) is 44.7 Å². The lowest BCUT2D eigenvalue weighted by atomic mass is 9.89. The van der Waals surface area contributed by atoms with E-state index in [4.69, 9.17) is 9.26 Å². The van der Waals surface area contributed by atoms with Crippen molar-refractivity contribution in [2.24, 2.45) is 11.8 Å². The van der Waals surface area contributed by atoms with Crippen LogP contribution in [-0.4, -0.2) is 47.2 Å². The summed E-state index contributed by atoms with van der Waals surface area (Å²) in [5.41, 5.74) is -1.02. The Kier molecular flexibility index (Phi) is 5.61. The van der Waals surface area contributed by atoms with Crippen LogP contribution in [0, 0.1) is 37.3 Å². The van der Waals surface area contributed by atoms with E-state index in [0.717, 1.165) is 6.42 Å². The van der Waals surface area contributed by atoms with Crippen LogP contribution in [0.1, 0.15) is 51.8 Å². The molecule has 1 aromatic carbocycles. The Morgan fingerprint density at radius 1 is 1.14 bits per heavy atom. The average Bonchev–Trinajstić information content (AvgIpc) is 3.28. The molecule has 0 unspecified atom stereocenters. The van der Waals surface area contributed by atoms with Crippen molar-refractivity contribution in [1.29, 1.82) is 0 Å². The molecule has 12 heteroatoms. The summed E-state index contributed by atoms with van der Waals surface area (Å²) in [5.74, 6) is -4.31. The van der Waals surface area contributed by atoms with Crippen LogP contribution in [0.4, 0.5) is 22.0 Å². The average molecular weight is 499 g/mol. The summed E-state index contributed by atoms with van der Waals surface area (Å²) < 4.78 is 78.3. The standard InChI is InChI=1S/C23H22F5N3O4/c1-9-10(2)30-35-20(9)22(33)31-17-3-11(17)4-18(31)21(32)29-19(12-7-34-8-12)13-5-16(25)14(6-15(13)24)23(26,27)28/h5-6,11-12,17-19H,3-4,7-8H2,1-2H3,(H,29,32)/t11-,17-,18-,19-/m1/s1. The topological polar surface area (TPSA) is 84.7 Å². The lowest BCUT2D eigenvalue weighted by molar-refractivity contribution is -0.140. The number of rotatable bonds is 5. The SMILES string of the molecule is Cc1noc(C(=O)N2[C@@H](C(=O)N[C@@H](c3cc(F)c(C(F)(F)F)cc3F)C3COC3)C[C@H]3C[C@H]32)c1C. The van der Waals surface area contributed by atoms with Crippen LogP contribution >= 0.6 is 0 Å². The van der Waals surface area contributed by atoms with Crippen LogP contribution in [0.25, 0.3) is 0 Å². The highest BCUT2D eigenvalue weighted by atomic mass is 19.4. The number of hydrogen-bond donors (Lipinski definition) is 1. The van der Waals surface area contributed by atoms with Crippen molar-refractivity contribution >= 4 is 11.8 Å². The first-order chi connectivity index (χ1) is 16.5. The molecule has 3 heterocycles. The van der Waals surface area contributed by atoms with Gasteiger partial charge in [-0.15, -0.1) is 0 Å². The van der Waals surface area contributed by atoms with Crippen LogP contribution in [0.15, 0.2) is 16.7 Å². The van der Waals surface area contributed by atoms with E-state index in [1.165, 1.54) is 4.90 Å². The quantitative estimate of drug-likeness (QED) is 0.635. The van der Waals surface area contributed by atoms with Gasteiger partial charge >= 0.3 is 6.18 Å². The predicted molar refractivity (Wildman–Crippen MR) is 109 cm³/mol. The molecule has 0 bridgehead atoms. The van der Waals surface area contributed by atoms with Gasteiger partial charge in [-0.2, -0.15) is 13.2 Å². The zero-order valence-electron chi connectivity index (χ0n) is 18.8. The number of amides is 2. The molecule has 2 aromatic rings. The number of carbonyl (C=O) groups excluding carboxylic acids is 2. The molecule has 35 heavy (non-hydrogen) atoms. The molecular weight excluding hydrogens is 477 g/mol. The van der Waals surface area contributed by atoms with Crippen LogP contribution < -0.4 is 5.32 Å². The van der Waals surface area contributed by atoms with Crippen molar-refractivity contribution in [3.05, 3.63) is 51.9 Å². The number of benzene rings is 1. The Balaban J connectivity index is 1.41. The van der Waals surface area contributed by atoms with E-state index in [9.17, 15) is 31.5 Å². The van der Waals surface area contributed by atoms with Gasteiger partial charge in [0.05, 0.1) is 30.5 Å². The molecule has 5 rings (SSSR count). The predicted octanol–water partition coefficient (Wildman–Crippen LogP) is 3.70. The highest BCUT2D eigenvalue weighted by Gasteiger charge is 2.57. The van der Waals surface area contributed by atoms with E-state index in [-0.39, 0.29) is 37.0 Å². The third kappa shape index (κ3) is 4.07. The van der Waals surface area contributed by atoms with E-state index in [0.29, 0.717) is 23.7 Å². The maximum atomic E-state index is 14.8. The van der Waals surface area contributed by atoms with Crippen molar-refractivity contribution in [3.63, 3.8) is 0 Å². The van der Waals surface area contributed by atoms with E-state index >= 15 is 0 Å². The zero-order valence-corrected chi connectivity index (χ0v) is 18.8. The monoisotopic (exact) mass is 499 g/mol. The third-order valence-electron chi connectivity index (χ3n) is 7.15. The minimum atomic E-state index is -5.06. The minimum Gasteiger partial charge on any atom is -0.381 e. The molecule has 0 radical (unpaired) electrons. The fourth-order valence-corrected chi connectivity index (χ4v) is 4.88. The molecule has 1 aromatic heterocycles. The summed E-state index contributed by atoms with van der Waals surface area (Å²) in [7, 11) is 0. The number of aryl methyl sites for hydroxylation is 1. The van der Waals surface area contributed by atoms with E-state index in [2.05, 4.69) is 10.5 Å². The molecule has 1 N–H and O–H groups in total. The number of hydrogen-bond acceptors (Lipinski definition) is 5. The van der Waals surface area contributed by atoms with E-state index in [1.807, 2.05) is 0 Å². The number of halogens is 5. The fourth-order valence-electron chi connectivity index (χ4n) is 4.88. The highest BCUT2D eigenvalue weighted by molar-refractivity contribution is 5.97. The van der Waals surface area contributed by atoms with Gasteiger partial charge in [-0.1, -0.05) is 5.16 Å². The van der Waals surface area contributed by atoms with Gasteiger partial charge in [0, 0.05) is 23.1 Å². The van der Waals surface area contributed by atoms with Crippen molar-refractivity contribution in [1.82, 2.24) is 15.4 Å². The fraction of sp³-hybridized carbons (Fsp3) is 0.522. The van der Waals surface area contributed by atoms with Crippen molar-refractivity contribution in [2.45, 2.75) is 51.0 Å². The number of nitrogens with one attached hydrogen (secondary N) is 1. The number of alkyl halides is 3. The molecule has 3 aliphatic rings. The number of likely N-dealkylation sites (tertiary alicyclic amines) is 1. The van der Waals surface area contributed by atoms with Crippen LogP contribution in [0.2, 0.25) is 0 Å². The summed E-state index contributed by atoms with van der Waals surface area (Å²) in [6.07, 6.45) is -3.95. The molecule has 3 fully saturated rings. The Hall–Kier alpha value is -3.02. The molecule has 2 saturated heterocycles. The number of carbonyl (C=O) groups is 2. The minimum absolute atomic E-state index is 0.0349. The van der Waals surface area contributed by atoms with Crippen molar-refractivity contribution in [3.8, 4) is 0 Å². The molecule has 1 aliphatic carbocycles. The molecule has 188 valence electrons. The van der Waals surface area contributed by atoms with Gasteiger partial charge in [0.15, 0.2) is 0 Å².